The average Bonchev–Trinajstić information content (AvgIpc) is 2.91. The molecule has 1 saturated heterocycles. The first-order chi connectivity index (χ1) is 9.06. The fourth-order valence-electron chi connectivity index (χ4n) is 3.70. The van der Waals surface area contributed by atoms with Gasteiger partial charge in [-0.2, -0.15) is 0 Å². The van der Waals surface area contributed by atoms with E-state index in [9.17, 15) is 8.78 Å². The zero-order valence-electron chi connectivity index (χ0n) is 11.2. The van der Waals surface area contributed by atoms with Gasteiger partial charge < -0.3 is 5.73 Å². The Morgan fingerprint density at radius 1 is 1.26 bits per heavy atom. The Morgan fingerprint density at radius 2 is 2.05 bits per heavy atom. The normalized spacial score (nSPS) is 32.5. The van der Waals surface area contributed by atoms with Crippen LogP contribution in [0.3, 0.4) is 0 Å². The molecule has 2 N–H and O–H groups in total. The summed E-state index contributed by atoms with van der Waals surface area (Å²) in [6.07, 6.45) is 2.30. The van der Waals surface area contributed by atoms with Gasteiger partial charge in [-0.05, 0) is 37.7 Å². The van der Waals surface area contributed by atoms with E-state index in [1.165, 1.54) is 12.5 Å². The van der Waals surface area contributed by atoms with Crippen molar-refractivity contribution in [2.75, 3.05) is 13.1 Å². The lowest BCUT2D eigenvalue weighted by Gasteiger charge is -2.26. The van der Waals surface area contributed by atoms with Crippen molar-refractivity contribution >= 4 is 0 Å². The van der Waals surface area contributed by atoms with Crippen LogP contribution in [0.2, 0.25) is 0 Å². The van der Waals surface area contributed by atoms with E-state index in [2.05, 4.69) is 4.90 Å². The molecule has 3 rings (SSSR count). The summed E-state index contributed by atoms with van der Waals surface area (Å²) in [4.78, 5) is 2.28. The molecule has 19 heavy (non-hydrogen) atoms. The number of benzene rings is 1. The van der Waals surface area contributed by atoms with E-state index >= 15 is 0 Å². The Hall–Kier alpha value is -1.00. The van der Waals surface area contributed by atoms with E-state index in [0.29, 0.717) is 23.4 Å². The van der Waals surface area contributed by atoms with Gasteiger partial charge in [-0.25, -0.2) is 8.78 Å². The molecule has 0 amide bonds. The second kappa shape index (κ2) is 4.84. The molecular formula is C15H20F2N2. The Kier molecular flexibility index (Phi) is 3.31. The zero-order valence-corrected chi connectivity index (χ0v) is 11.2. The molecule has 1 aromatic rings. The van der Waals surface area contributed by atoms with Gasteiger partial charge in [-0.1, -0.05) is 6.07 Å². The van der Waals surface area contributed by atoms with E-state index < -0.39 is 11.6 Å². The maximum absolute atomic E-state index is 13.8. The largest absolute Gasteiger partial charge is 0.327 e. The topological polar surface area (TPSA) is 29.3 Å². The molecule has 1 saturated carbocycles. The summed E-state index contributed by atoms with van der Waals surface area (Å²) in [6.45, 7) is 3.91. The Morgan fingerprint density at radius 3 is 2.74 bits per heavy atom. The van der Waals surface area contributed by atoms with Gasteiger partial charge in [-0.15, -0.1) is 0 Å². The van der Waals surface area contributed by atoms with E-state index in [0.717, 1.165) is 25.6 Å². The lowest BCUT2D eigenvalue weighted by atomic mass is 9.98. The molecule has 1 aliphatic heterocycles. The van der Waals surface area contributed by atoms with Crippen LogP contribution >= 0.6 is 0 Å². The van der Waals surface area contributed by atoms with Crippen LogP contribution in [0.4, 0.5) is 8.78 Å². The minimum absolute atomic E-state index is 0.0154. The highest BCUT2D eigenvalue weighted by Gasteiger charge is 2.42. The molecule has 4 atom stereocenters. The van der Waals surface area contributed by atoms with Gasteiger partial charge in [0, 0.05) is 36.8 Å². The molecule has 2 aliphatic rings. The first kappa shape index (κ1) is 13.0. The Labute approximate surface area is 112 Å². The van der Waals surface area contributed by atoms with Crippen LogP contribution < -0.4 is 5.73 Å². The van der Waals surface area contributed by atoms with Gasteiger partial charge in [-0.3, -0.25) is 4.90 Å². The summed E-state index contributed by atoms with van der Waals surface area (Å²) in [5.74, 6) is 0.231. The number of nitrogens with zero attached hydrogens (tertiary/aromatic N) is 1. The van der Waals surface area contributed by atoms with Crippen LogP contribution in [0, 0.1) is 23.5 Å². The Balaban J connectivity index is 1.76. The van der Waals surface area contributed by atoms with Crippen LogP contribution in [0.5, 0.6) is 0 Å². The lowest BCUT2D eigenvalue weighted by Crippen LogP contribution is -2.31. The van der Waals surface area contributed by atoms with Crippen molar-refractivity contribution in [2.45, 2.75) is 31.8 Å². The molecule has 2 fully saturated rings. The van der Waals surface area contributed by atoms with Crippen molar-refractivity contribution in [3.63, 3.8) is 0 Å². The molecule has 0 bridgehead atoms. The number of fused-ring (bicyclic) bond motifs is 1. The summed E-state index contributed by atoms with van der Waals surface area (Å²) in [5, 5.41) is 0. The van der Waals surface area contributed by atoms with Gasteiger partial charge in [0.05, 0.1) is 0 Å². The van der Waals surface area contributed by atoms with Crippen molar-refractivity contribution < 1.29 is 8.78 Å². The fraction of sp³-hybridized carbons (Fsp3) is 0.600. The molecule has 0 radical (unpaired) electrons. The highest BCUT2D eigenvalue weighted by molar-refractivity contribution is 5.22. The molecule has 2 nitrogen and oxygen atoms in total. The summed E-state index contributed by atoms with van der Waals surface area (Å²) in [7, 11) is 0. The summed E-state index contributed by atoms with van der Waals surface area (Å²) in [5.41, 5.74) is 6.70. The van der Waals surface area contributed by atoms with Crippen LogP contribution in [0.15, 0.2) is 18.2 Å². The molecule has 4 unspecified atom stereocenters. The highest BCUT2D eigenvalue weighted by Crippen LogP contribution is 2.40. The molecule has 1 aromatic carbocycles. The van der Waals surface area contributed by atoms with Crippen LogP contribution in [0.25, 0.3) is 0 Å². The highest BCUT2D eigenvalue weighted by atomic mass is 19.1. The van der Waals surface area contributed by atoms with Gasteiger partial charge >= 0.3 is 0 Å². The summed E-state index contributed by atoms with van der Waals surface area (Å²) >= 11 is 0. The molecule has 0 spiro atoms. The quantitative estimate of drug-likeness (QED) is 0.891. The number of hydrogen-bond donors (Lipinski definition) is 1. The fourth-order valence-corrected chi connectivity index (χ4v) is 3.70. The van der Waals surface area contributed by atoms with Gasteiger partial charge in [0.25, 0.3) is 0 Å². The minimum Gasteiger partial charge on any atom is -0.327 e. The molecule has 0 aromatic heterocycles. The van der Waals surface area contributed by atoms with Crippen molar-refractivity contribution in [1.82, 2.24) is 4.90 Å². The maximum Gasteiger partial charge on any atom is 0.130 e. The summed E-state index contributed by atoms with van der Waals surface area (Å²) < 4.78 is 26.8. The third-order valence-corrected chi connectivity index (χ3v) is 4.90. The molecular weight excluding hydrogens is 246 g/mol. The minimum atomic E-state index is -0.520. The lowest BCUT2D eigenvalue weighted by molar-refractivity contribution is 0.234. The number of halogens is 2. The van der Waals surface area contributed by atoms with E-state index in [-0.39, 0.29) is 6.04 Å². The Bertz CT molecular complexity index is 477. The molecule has 104 valence electrons. The predicted molar refractivity (Wildman–Crippen MR) is 70.5 cm³/mol. The first-order valence-corrected chi connectivity index (χ1v) is 7.01. The zero-order chi connectivity index (χ0) is 13.6. The van der Waals surface area contributed by atoms with E-state index in [4.69, 9.17) is 5.73 Å². The third kappa shape index (κ3) is 2.28. The standard InChI is InChI=1S/C15H20F2N2/c1-9(12-4-3-11(16)6-14(12)17)19-7-10-2-5-15(18)13(10)8-19/h3-4,6,9-10,13,15H,2,5,7-8,18H2,1H3. The van der Waals surface area contributed by atoms with Gasteiger partial charge in [0.1, 0.15) is 11.6 Å². The van der Waals surface area contributed by atoms with Crippen LogP contribution in [-0.4, -0.2) is 24.0 Å². The number of nitrogens with two attached hydrogens (primary N) is 1. The maximum atomic E-state index is 13.8. The smallest absolute Gasteiger partial charge is 0.130 e. The second-order valence-electron chi connectivity index (χ2n) is 5.96. The first-order valence-electron chi connectivity index (χ1n) is 7.01. The van der Waals surface area contributed by atoms with Crippen molar-refractivity contribution in [3.8, 4) is 0 Å². The number of hydrogen-bond acceptors (Lipinski definition) is 2. The van der Waals surface area contributed by atoms with Crippen LogP contribution in [0.1, 0.15) is 31.4 Å². The van der Waals surface area contributed by atoms with E-state index in [1.807, 2.05) is 6.92 Å². The van der Waals surface area contributed by atoms with Crippen molar-refractivity contribution in [1.29, 1.82) is 0 Å². The van der Waals surface area contributed by atoms with Gasteiger partial charge in [0.15, 0.2) is 0 Å². The van der Waals surface area contributed by atoms with Gasteiger partial charge in [0.2, 0.25) is 0 Å². The average molecular weight is 266 g/mol. The number of rotatable bonds is 2. The predicted octanol–water partition coefficient (Wildman–Crippen LogP) is 2.69. The number of likely N-dealkylation sites (tertiary alicyclic amines) is 1. The monoisotopic (exact) mass is 266 g/mol. The molecule has 1 heterocycles. The second-order valence-corrected chi connectivity index (χ2v) is 5.96. The summed E-state index contributed by atoms with van der Waals surface area (Å²) in [6, 6.07) is 4.13. The molecule has 4 heteroatoms. The SMILES string of the molecule is CC(c1ccc(F)cc1F)N1CC2CCC(N)C2C1. The van der Waals surface area contributed by atoms with Crippen LogP contribution in [-0.2, 0) is 0 Å². The van der Waals surface area contributed by atoms with Crippen molar-refractivity contribution in [2.24, 2.45) is 17.6 Å². The third-order valence-electron chi connectivity index (χ3n) is 4.90. The van der Waals surface area contributed by atoms with Crippen molar-refractivity contribution in [3.05, 3.63) is 35.4 Å². The van der Waals surface area contributed by atoms with E-state index in [1.54, 1.807) is 6.07 Å². The molecule has 1 aliphatic carbocycles.